The zero-order valence-corrected chi connectivity index (χ0v) is 12.9. The van der Waals surface area contributed by atoms with E-state index in [2.05, 4.69) is 6.58 Å². The van der Waals surface area contributed by atoms with Gasteiger partial charge in [-0.3, -0.25) is 9.36 Å². The molecule has 0 aliphatic heterocycles. The zero-order chi connectivity index (χ0) is 17.5. The van der Waals surface area contributed by atoms with Crippen molar-refractivity contribution in [1.29, 1.82) is 0 Å². The minimum atomic E-state index is -4.63. The van der Waals surface area contributed by atoms with Crippen molar-refractivity contribution in [2.75, 3.05) is 0 Å². The summed E-state index contributed by atoms with van der Waals surface area (Å²) in [6.07, 6.45) is -4.63. The predicted octanol–water partition coefficient (Wildman–Crippen LogP) is 5.54. The fourth-order valence-electron chi connectivity index (χ4n) is 2.88. The van der Waals surface area contributed by atoms with E-state index in [9.17, 15) is 18.0 Å². The van der Waals surface area contributed by atoms with Crippen LogP contribution in [0, 0.1) is 0 Å². The van der Waals surface area contributed by atoms with Gasteiger partial charge in [0.25, 0.3) is 0 Å². The predicted molar refractivity (Wildman–Crippen MR) is 88.8 cm³/mol. The average molecular weight is 329 g/mol. The van der Waals surface area contributed by atoms with E-state index in [1.807, 2.05) is 0 Å². The van der Waals surface area contributed by atoms with Gasteiger partial charge in [0.2, 0.25) is 5.91 Å². The SMILES string of the molecule is C=C(c1c(-c2ccccc2)c2ccccc2n1C(C)=O)C(F)(F)F. The van der Waals surface area contributed by atoms with Gasteiger partial charge in [0.1, 0.15) is 0 Å². The van der Waals surface area contributed by atoms with Gasteiger partial charge in [-0.2, -0.15) is 13.2 Å². The van der Waals surface area contributed by atoms with Gasteiger partial charge in [-0.1, -0.05) is 55.1 Å². The van der Waals surface area contributed by atoms with Gasteiger partial charge in [-0.15, -0.1) is 0 Å². The number of aromatic nitrogens is 1. The summed E-state index contributed by atoms with van der Waals surface area (Å²) in [7, 11) is 0. The highest BCUT2D eigenvalue weighted by Gasteiger charge is 2.38. The van der Waals surface area contributed by atoms with Crippen molar-refractivity contribution in [1.82, 2.24) is 4.57 Å². The number of carbonyl (C=O) groups is 1. The summed E-state index contributed by atoms with van der Waals surface area (Å²) in [4.78, 5) is 12.1. The number of benzene rings is 2. The number of halogens is 3. The van der Waals surface area contributed by atoms with E-state index in [0.717, 1.165) is 4.57 Å². The Morgan fingerprint density at radius 2 is 1.58 bits per heavy atom. The highest BCUT2D eigenvalue weighted by molar-refractivity contribution is 6.07. The molecule has 0 atom stereocenters. The smallest absolute Gasteiger partial charge is 0.279 e. The lowest BCUT2D eigenvalue weighted by atomic mass is 9.99. The third kappa shape index (κ3) is 2.52. The third-order valence-electron chi connectivity index (χ3n) is 3.88. The zero-order valence-electron chi connectivity index (χ0n) is 12.9. The van der Waals surface area contributed by atoms with Gasteiger partial charge in [-0.25, -0.2) is 0 Å². The minimum Gasteiger partial charge on any atom is -0.279 e. The van der Waals surface area contributed by atoms with Crippen LogP contribution in [0.4, 0.5) is 13.2 Å². The number of allylic oxidation sites excluding steroid dienone is 1. The number of nitrogens with zero attached hydrogens (tertiary/aromatic N) is 1. The fourth-order valence-corrected chi connectivity index (χ4v) is 2.88. The number of fused-ring (bicyclic) bond motifs is 1. The lowest BCUT2D eigenvalue weighted by Gasteiger charge is -2.15. The van der Waals surface area contributed by atoms with Crippen molar-refractivity contribution in [3.8, 4) is 11.1 Å². The lowest BCUT2D eigenvalue weighted by Crippen LogP contribution is -2.17. The Morgan fingerprint density at radius 1 is 1.00 bits per heavy atom. The molecular weight excluding hydrogens is 315 g/mol. The molecule has 2 nitrogen and oxygen atoms in total. The summed E-state index contributed by atoms with van der Waals surface area (Å²) in [6.45, 7) is 4.47. The van der Waals surface area contributed by atoms with Crippen LogP contribution in [0.15, 0.2) is 61.2 Å². The Bertz CT molecular complexity index is 936. The Hall–Kier alpha value is -2.82. The number of hydrogen-bond acceptors (Lipinski definition) is 1. The van der Waals surface area contributed by atoms with Gasteiger partial charge >= 0.3 is 6.18 Å². The van der Waals surface area contributed by atoms with E-state index >= 15 is 0 Å². The number of alkyl halides is 3. The van der Waals surface area contributed by atoms with Gasteiger partial charge in [0, 0.05) is 17.9 Å². The number of hydrogen-bond donors (Lipinski definition) is 0. The van der Waals surface area contributed by atoms with Crippen molar-refractivity contribution >= 4 is 22.4 Å². The summed E-state index contributed by atoms with van der Waals surface area (Å²) in [5.74, 6) is -0.492. The van der Waals surface area contributed by atoms with Crippen LogP contribution in [0.2, 0.25) is 0 Å². The molecule has 0 bridgehead atoms. The fraction of sp³-hybridized carbons (Fsp3) is 0.105. The highest BCUT2D eigenvalue weighted by atomic mass is 19.4. The minimum absolute atomic E-state index is 0.206. The maximum Gasteiger partial charge on any atom is 0.417 e. The Kier molecular flexibility index (Phi) is 3.79. The van der Waals surface area contributed by atoms with Crippen LogP contribution in [-0.4, -0.2) is 16.7 Å². The number of para-hydroxylation sites is 1. The maximum atomic E-state index is 13.4. The lowest BCUT2D eigenvalue weighted by molar-refractivity contribution is -0.0689. The molecule has 0 aliphatic rings. The molecule has 3 aromatic rings. The van der Waals surface area contributed by atoms with E-state index in [4.69, 9.17) is 0 Å². The molecule has 1 aromatic heterocycles. The largest absolute Gasteiger partial charge is 0.417 e. The molecule has 3 rings (SSSR count). The molecule has 2 aromatic carbocycles. The van der Waals surface area contributed by atoms with E-state index < -0.39 is 17.7 Å². The van der Waals surface area contributed by atoms with Crippen LogP contribution in [0.25, 0.3) is 27.6 Å². The maximum absolute atomic E-state index is 13.4. The molecule has 0 amide bonds. The van der Waals surface area contributed by atoms with Gasteiger partial charge < -0.3 is 0 Å². The standard InChI is InChI=1S/C19H14F3NO/c1-12(19(20,21)22)18-17(14-8-4-3-5-9-14)15-10-6-7-11-16(15)23(18)13(2)24/h3-11H,1H2,2H3. The summed E-state index contributed by atoms with van der Waals surface area (Å²) in [5.41, 5.74) is 0.164. The molecule has 0 saturated carbocycles. The summed E-state index contributed by atoms with van der Waals surface area (Å²) in [5, 5.41) is 0.583. The molecule has 0 radical (unpaired) electrons. The van der Waals surface area contributed by atoms with Crippen molar-refractivity contribution in [2.45, 2.75) is 13.1 Å². The van der Waals surface area contributed by atoms with E-state index in [-0.39, 0.29) is 5.69 Å². The molecule has 122 valence electrons. The second-order valence-corrected chi connectivity index (χ2v) is 5.44. The molecule has 0 unspecified atom stereocenters. The van der Waals surface area contributed by atoms with Gasteiger partial charge in [0.05, 0.1) is 16.8 Å². The van der Waals surface area contributed by atoms with E-state index in [0.29, 0.717) is 22.0 Å². The molecule has 1 heterocycles. The van der Waals surface area contributed by atoms with Crippen molar-refractivity contribution in [3.63, 3.8) is 0 Å². The van der Waals surface area contributed by atoms with Crippen molar-refractivity contribution in [3.05, 3.63) is 66.9 Å². The number of carbonyl (C=O) groups excluding carboxylic acids is 1. The molecule has 0 spiro atoms. The molecule has 0 saturated heterocycles. The van der Waals surface area contributed by atoms with Crippen molar-refractivity contribution < 1.29 is 18.0 Å². The quantitative estimate of drug-likeness (QED) is 0.605. The van der Waals surface area contributed by atoms with Gasteiger partial charge in [0.15, 0.2) is 0 Å². The van der Waals surface area contributed by atoms with E-state index in [1.54, 1.807) is 54.6 Å². The summed E-state index contributed by atoms with van der Waals surface area (Å²) in [6, 6.07) is 15.5. The third-order valence-corrected chi connectivity index (χ3v) is 3.88. The van der Waals surface area contributed by atoms with Gasteiger partial charge in [-0.05, 0) is 11.6 Å². The molecule has 24 heavy (non-hydrogen) atoms. The normalized spacial score (nSPS) is 11.7. The summed E-state index contributed by atoms with van der Waals surface area (Å²) >= 11 is 0. The molecule has 5 heteroatoms. The molecule has 0 fully saturated rings. The first-order valence-corrected chi connectivity index (χ1v) is 7.28. The average Bonchev–Trinajstić information content (AvgIpc) is 2.89. The Labute approximate surface area is 136 Å². The van der Waals surface area contributed by atoms with Crippen LogP contribution in [0.1, 0.15) is 17.4 Å². The Morgan fingerprint density at radius 3 is 2.17 bits per heavy atom. The molecule has 0 aliphatic carbocycles. The van der Waals surface area contributed by atoms with Crippen LogP contribution >= 0.6 is 0 Å². The first-order valence-electron chi connectivity index (χ1n) is 7.28. The van der Waals surface area contributed by atoms with Crippen LogP contribution in [0.5, 0.6) is 0 Å². The highest BCUT2D eigenvalue weighted by Crippen LogP contribution is 2.43. The topological polar surface area (TPSA) is 22.0 Å². The molecule has 0 N–H and O–H groups in total. The second-order valence-electron chi connectivity index (χ2n) is 5.44. The van der Waals surface area contributed by atoms with E-state index in [1.165, 1.54) is 6.92 Å². The van der Waals surface area contributed by atoms with Crippen LogP contribution < -0.4 is 0 Å². The monoisotopic (exact) mass is 329 g/mol. The first kappa shape index (κ1) is 16.1. The van der Waals surface area contributed by atoms with Crippen LogP contribution in [0.3, 0.4) is 0 Å². The Balaban J connectivity index is 2.49. The first-order chi connectivity index (χ1) is 11.3. The second kappa shape index (κ2) is 5.67. The van der Waals surface area contributed by atoms with Crippen LogP contribution in [-0.2, 0) is 0 Å². The molecular formula is C19H14F3NO. The summed E-state index contributed by atoms with van der Waals surface area (Å²) < 4.78 is 41.2. The van der Waals surface area contributed by atoms with Crippen molar-refractivity contribution in [2.24, 2.45) is 0 Å². The number of rotatable bonds is 2.